The Morgan fingerprint density at radius 2 is 1.94 bits per heavy atom. The number of esters is 1. The van der Waals surface area contributed by atoms with E-state index in [0.29, 0.717) is 5.92 Å². The lowest BCUT2D eigenvalue weighted by Gasteiger charge is -2.11. The number of ether oxygens (including phenoxy) is 2. The number of hydrogen-bond acceptors (Lipinski definition) is 3. The van der Waals surface area contributed by atoms with Gasteiger partial charge in [0.25, 0.3) is 0 Å². The molecule has 0 spiro atoms. The van der Waals surface area contributed by atoms with E-state index in [4.69, 9.17) is 9.47 Å². The second-order valence-electron chi connectivity index (χ2n) is 4.42. The van der Waals surface area contributed by atoms with E-state index in [1.807, 2.05) is 30.3 Å². The van der Waals surface area contributed by atoms with Gasteiger partial charge in [-0.2, -0.15) is 0 Å². The maximum atomic E-state index is 11.6. The molecule has 1 aliphatic heterocycles. The predicted octanol–water partition coefficient (Wildman–Crippen LogP) is 2.67. The van der Waals surface area contributed by atoms with Gasteiger partial charge in [-0.1, -0.05) is 44.2 Å². The molecule has 0 bridgehead atoms. The lowest BCUT2D eigenvalue weighted by atomic mass is 10.1. The molecule has 3 heteroatoms. The van der Waals surface area contributed by atoms with Crippen molar-refractivity contribution in [3.8, 4) is 0 Å². The third-order valence-corrected chi connectivity index (χ3v) is 2.52. The summed E-state index contributed by atoms with van der Waals surface area (Å²) in [6.45, 7) is 4.15. The number of benzene rings is 1. The van der Waals surface area contributed by atoms with E-state index < -0.39 is 12.4 Å². The highest BCUT2D eigenvalue weighted by Crippen LogP contribution is 2.30. The van der Waals surface area contributed by atoms with Crippen molar-refractivity contribution in [1.29, 1.82) is 0 Å². The van der Waals surface area contributed by atoms with Crippen molar-refractivity contribution >= 4 is 5.97 Å². The molecule has 0 N–H and O–H groups in total. The minimum absolute atomic E-state index is 0.281. The molecule has 1 heterocycles. The smallest absolute Gasteiger partial charge is 0.342 e. The molecular formula is C13H16O3. The standard InChI is InChI=1S/C13H16O3/c1-9(2)8-11-15-12(13(14)16-11)10-6-4-3-5-7-10/h3-7,9,11-12H,8H2,1-2H3/t11-,12-/m0/s1. The van der Waals surface area contributed by atoms with E-state index in [-0.39, 0.29) is 5.97 Å². The first kappa shape index (κ1) is 11.1. The van der Waals surface area contributed by atoms with Crippen LogP contribution in [0.25, 0.3) is 0 Å². The summed E-state index contributed by atoms with van der Waals surface area (Å²) < 4.78 is 10.8. The van der Waals surface area contributed by atoms with Crippen molar-refractivity contribution in [3.63, 3.8) is 0 Å². The first-order valence-corrected chi connectivity index (χ1v) is 5.57. The van der Waals surface area contributed by atoms with Gasteiger partial charge in [-0.15, -0.1) is 0 Å². The Labute approximate surface area is 95.4 Å². The van der Waals surface area contributed by atoms with Gasteiger partial charge in [-0.3, -0.25) is 0 Å². The summed E-state index contributed by atoms with van der Waals surface area (Å²) in [5, 5.41) is 0. The van der Waals surface area contributed by atoms with Gasteiger partial charge in [0.15, 0.2) is 6.10 Å². The molecule has 86 valence electrons. The van der Waals surface area contributed by atoms with E-state index in [9.17, 15) is 4.79 Å². The lowest BCUT2D eigenvalue weighted by molar-refractivity contribution is -0.144. The summed E-state index contributed by atoms with van der Waals surface area (Å²) in [6.07, 6.45) is -0.197. The highest BCUT2D eigenvalue weighted by atomic mass is 16.7. The molecule has 1 saturated heterocycles. The molecule has 1 aromatic carbocycles. The van der Waals surface area contributed by atoms with E-state index >= 15 is 0 Å². The van der Waals surface area contributed by atoms with Crippen LogP contribution in [0.15, 0.2) is 30.3 Å². The van der Waals surface area contributed by atoms with Crippen molar-refractivity contribution in [2.24, 2.45) is 5.92 Å². The zero-order valence-corrected chi connectivity index (χ0v) is 9.55. The fourth-order valence-corrected chi connectivity index (χ4v) is 1.76. The minimum atomic E-state index is -0.551. The molecular weight excluding hydrogens is 204 g/mol. The van der Waals surface area contributed by atoms with Crippen molar-refractivity contribution in [1.82, 2.24) is 0 Å². The van der Waals surface area contributed by atoms with Crippen molar-refractivity contribution in [2.75, 3.05) is 0 Å². The van der Waals surface area contributed by atoms with E-state index in [2.05, 4.69) is 13.8 Å². The molecule has 0 saturated carbocycles. The SMILES string of the molecule is CC(C)C[C@@H]1OC(=O)[C@H](c2ccccc2)O1. The Balaban J connectivity index is 2.06. The second-order valence-corrected chi connectivity index (χ2v) is 4.42. The van der Waals surface area contributed by atoms with Gasteiger partial charge >= 0.3 is 5.97 Å². The molecule has 2 rings (SSSR count). The maximum Gasteiger partial charge on any atom is 0.342 e. The van der Waals surface area contributed by atoms with Crippen LogP contribution in [0.2, 0.25) is 0 Å². The highest BCUT2D eigenvalue weighted by molar-refractivity contribution is 5.77. The minimum Gasteiger partial charge on any atom is -0.434 e. The number of carbonyl (C=O) groups is 1. The molecule has 1 aliphatic rings. The fraction of sp³-hybridized carbons (Fsp3) is 0.462. The van der Waals surface area contributed by atoms with Gasteiger partial charge < -0.3 is 9.47 Å². The first-order valence-electron chi connectivity index (χ1n) is 5.57. The van der Waals surface area contributed by atoms with Crippen LogP contribution in [0, 0.1) is 5.92 Å². The van der Waals surface area contributed by atoms with Gasteiger partial charge in [-0.25, -0.2) is 4.79 Å². The molecule has 1 aromatic rings. The second kappa shape index (κ2) is 4.66. The van der Waals surface area contributed by atoms with Crippen molar-refractivity contribution in [3.05, 3.63) is 35.9 Å². The van der Waals surface area contributed by atoms with Crippen LogP contribution in [0.1, 0.15) is 31.9 Å². The molecule has 0 radical (unpaired) electrons. The fourth-order valence-electron chi connectivity index (χ4n) is 1.76. The van der Waals surface area contributed by atoms with E-state index in [1.165, 1.54) is 0 Å². The number of rotatable bonds is 3. The highest BCUT2D eigenvalue weighted by Gasteiger charge is 2.36. The van der Waals surface area contributed by atoms with E-state index in [0.717, 1.165) is 12.0 Å². The van der Waals surface area contributed by atoms with Crippen molar-refractivity contribution in [2.45, 2.75) is 32.7 Å². The quantitative estimate of drug-likeness (QED) is 0.735. The van der Waals surface area contributed by atoms with Gasteiger partial charge in [-0.05, 0) is 11.5 Å². The van der Waals surface area contributed by atoms with Gasteiger partial charge in [0, 0.05) is 6.42 Å². The molecule has 2 atom stereocenters. The molecule has 1 fully saturated rings. The van der Waals surface area contributed by atoms with E-state index in [1.54, 1.807) is 0 Å². The number of hydrogen-bond donors (Lipinski definition) is 0. The Kier molecular flexibility index (Phi) is 3.25. The Hall–Kier alpha value is -1.35. The summed E-state index contributed by atoms with van der Waals surface area (Å²) in [5.74, 6) is 0.171. The number of cyclic esters (lactones) is 1. The third-order valence-electron chi connectivity index (χ3n) is 2.52. The molecule has 0 amide bonds. The van der Waals surface area contributed by atoms with Crippen LogP contribution in [-0.4, -0.2) is 12.3 Å². The zero-order chi connectivity index (χ0) is 11.5. The number of carbonyl (C=O) groups excluding carboxylic acids is 1. The summed E-state index contributed by atoms with van der Waals surface area (Å²) in [7, 11) is 0. The van der Waals surface area contributed by atoms with Gasteiger partial charge in [0.05, 0.1) is 0 Å². The Bertz CT molecular complexity index is 359. The van der Waals surface area contributed by atoms with Crippen LogP contribution < -0.4 is 0 Å². The van der Waals surface area contributed by atoms with Gasteiger partial charge in [0.1, 0.15) is 0 Å². The Morgan fingerprint density at radius 3 is 2.56 bits per heavy atom. The van der Waals surface area contributed by atoms with Crippen LogP contribution in [0.3, 0.4) is 0 Å². The van der Waals surface area contributed by atoms with Gasteiger partial charge in [0.2, 0.25) is 6.29 Å². The zero-order valence-electron chi connectivity index (χ0n) is 9.55. The molecule has 16 heavy (non-hydrogen) atoms. The average molecular weight is 220 g/mol. The third kappa shape index (κ3) is 2.42. The molecule has 0 aliphatic carbocycles. The summed E-state index contributed by atoms with van der Waals surface area (Å²) in [6, 6.07) is 9.45. The van der Waals surface area contributed by atoms with Crippen LogP contribution in [-0.2, 0) is 14.3 Å². The first-order chi connectivity index (χ1) is 7.66. The normalized spacial score (nSPS) is 24.8. The summed E-state index contributed by atoms with van der Waals surface area (Å²) in [4.78, 5) is 11.6. The molecule has 0 aromatic heterocycles. The summed E-state index contributed by atoms with van der Waals surface area (Å²) >= 11 is 0. The largest absolute Gasteiger partial charge is 0.434 e. The predicted molar refractivity (Wildman–Crippen MR) is 59.6 cm³/mol. The van der Waals surface area contributed by atoms with Crippen LogP contribution in [0.4, 0.5) is 0 Å². The molecule has 0 unspecified atom stereocenters. The maximum absolute atomic E-state index is 11.6. The van der Waals surface area contributed by atoms with Crippen LogP contribution in [0.5, 0.6) is 0 Å². The summed E-state index contributed by atoms with van der Waals surface area (Å²) in [5.41, 5.74) is 0.860. The average Bonchev–Trinajstić information content (AvgIpc) is 2.60. The monoisotopic (exact) mass is 220 g/mol. The molecule has 3 nitrogen and oxygen atoms in total. The topological polar surface area (TPSA) is 35.5 Å². The lowest BCUT2D eigenvalue weighted by Crippen LogP contribution is -2.11. The van der Waals surface area contributed by atoms with Crippen molar-refractivity contribution < 1.29 is 14.3 Å². The van der Waals surface area contributed by atoms with Crippen LogP contribution >= 0.6 is 0 Å². The Morgan fingerprint density at radius 1 is 1.25 bits per heavy atom.